The van der Waals surface area contributed by atoms with Crippen LogP contribution in [0.5, 0.6) is 5.75 Å². The third kappa shape index (κ3) is 8.63. The van der Waals surface area contributed by atoms with Gasteiger partial charge in [-0.05, 0) is 41.7 Å². The topological polar surface area (TPSA) is 90.9 Å². The van der Waals surface area contributed by atoms with Gasteiger partial charge in [0.2, 0.25) is 0 Å². The van der Waals surface area contributed by atoms with Gasteiger partial charge in [-0.1, -0.05) is 30.3 Å². The molecule has 2 aromatic rings. The van der Waals surface area contributed by atoms with Crippen LogP contribution < -0.4 is 15.0 Å². The highest BCUT2D eigenvalue weighted by atomic mass is 16.5. The van der Waals surface area contributed by atoms with Gasteiger partial charge in [-0.15, -0.1) is 0 Å². The molecule has 2 aliphatic rings. The van der Waals surface area contributed by atoms with Gasteiger partial charge in [0, 0.05) is 53.5 Å². The maximum Gasteiger partial charge on any atom is 0.142 e. The Morgan fingerprint density at radius 3 is 2.42 bits per heavy atom. The highest BCUT2D eigenvalue weighted by Gasteiger charge is 2.36. The van der Waals surface area contributed by atoms with Crippen molar-refractivity contribution in [3.05, 3.63) is 59.2 Å². The molecule has 0 amide bonds. The minimum absolute atomic E-state index is 0.0129. The number of aliphatic hydroxyl groups excluding tert-OH is 1. The number of ether oxygens (including phenoxy) is 6. The summed E-state index contributed by atoms with van der Waals surface area (Å²) in [6.07, 6.45) is 0.914. The number of nitrogens with one attached hydrogen (secondary N) is 1. The highest BCUT2D eigenvalue weighted by Crippen LogP contribution is 2.34. The summed E-state index contributed by atoms with van der Waals surface area (Å²) in [5.41, 5.74) is 4.62. The van der Waals surface area contributed by atoms with Crippen LogP contribution in [0.25, 0.3) is 0 Å². The second-order valence-corrected chi connectivity index (χ2v) is 10.5. The number of aliphatic hydroxyl groups is 1. The maximum absolute atomic E-state index is 10.2. The van der Waals surface area contributed by atoms with Crippen molar-refractivity contribution in [2.45, 2.75) is 43.7 Å². The van der Waals surface area contributed by atoms with Crippen molar-refractivity contribution >= 4 is 5.69 Å². The molecule has 0 aromatic heterocycles. The molecule has 2 aliphatic heterocycles. The van der Waals surface area contributed by atoms with Crippen LogP contribution in [0.3, 0.4) is 0 Å². The Labute approximate surface area is 238 Å². The summed E-state index contributed by atoms with van der Waals surface area (Å²) in [4.78, 5) is 2.37. The molecule has 0 saturated carbocycles. The molecule has 1 saturated heterocycles. The SMILES string of the molecule is COCCCN1CCOc2ccc(CO[C@H]3CNC[C@@H](OC[C@H](O)COC)[C@@H]3c3ccc(CCOC)cc3)cc21. The highest BCUT2D eigenvalue weighted by molar-refractivity contribution is 5.61. The first-order valence-electron chi connectivity index (χ1n) is 14.3. The van der Waals surface area contributed by atoms with Crippen LogP contribution in [0, 0.1) is 0 Å². The summed E-state index contributed by atoms with van der Waals surface area (Å²) >= 11 is 0. The number of piperidine rings is 1. The van der Waals surface area contributed by atoms with Gasteiger partial charge < -0.3 is 43.7 Å². The van der Waals surface area contributed by atoms with Gasteiger partial charge in [-0.3, -0.25) is 0 Å². The van der Waals surface area contributed by atoms with Crippen LogP contribution in [0.1, 0.15) is 29.0 Å². The first-order chi connectivity index (χ1) is 19.6. The molecule has 0 radical (unpaired) electrons. The molecule has 2 aromatic carbocycles. The lowest BCUT2D eigenvalue weighted by molar-refractivity contribution is -0.0856. The third-order valence-electron chi connectivity index (χ3n) is 7.54. The van der Waals surface area contributed by atoms with E-state index in [0.29, 0.717) is 32.9 Å². The first kappa shape index (κ1) is 30.7. The molecule has 0 spiro atoms. The van der Waals surface area contributed by atoms with Crippen LogP contribution >= 0.6 is 0 Å². The van der Waals surface area contributed by atoms with E-state index in [4.69, 9.17) is 28.4 Å². The van der Waals surface area contributed by atoms with Crippen molar-refractivity contribution in [2.75, 3.05) is 85.4 Å². The minimum atomic E-state index is -0.673. The van der Waals surface area contributed by atoms with Crippen molar-refractivity contribution in [1.82, 2.24) is 5.32 Å². The summed E-state index contributed by atoms with van der Waals surface area (Å²) in [6, 6.07) is 15.0. The van der Waals surface area contributed by atoms with Crippen molar-refractivity contribution in [1.29, 1.82) is 0 Å². The van der Waals surface area contributed by atoms with Gasteiger partial charge in [-0.2, -0.15) is 0 Å². The molecule has 2 heterocycles. The third-order valence-corrected chi connectivity index (χ3v) is 7.54. The lowest BCUT2D eigenvalue weighted by Gasteiger charge is -2.39. The number of anilines is 1. The van der Waals surface area contributed by atoms with E-state index < -0.39 is 6.10 Å². The van der Waals surface area contributed by atoms with Crippen molar-refractivity contribution in [3.8, 4) is 5.75 Å². The summed E-state index contributed by atoms with van der Waals surface area (Å²) in [6.45, 7) is 6.24. The van der Waals surface area contributed by atoms with E-state index >= 15 is 0 Å². The predicted molar refractivity (Wildman–Crippen MR) is 154 cm³/mol. The first-order valence-corrected chi connectivity index (χ1v) is 14.3. The fourth-order valence-corrected chi connectivity index (χ4v) is 5.46. The fraction of sp³-hybridized carbons (Fsp3) is 0.613. The molecule has 222 valence electrons. The van der Waals surface area contributed by atoms with Gasteiger partial charge in [-0.25, -0.2) is 0 Å². The molecule has 9 nitrogen and oxygen atoms in total. The summed E-state index contributed by atoms with van der Waals surface area (Å²) in [5, 5.41) is 13.7. The zero-order chi connectivity index (χ0) is 28.2. The van der Waals surface area contributed by atoms with Gasteiger partial charge in [0.1, 0.15) is 18.5 Å². The molecule has 4 rings (SSSR count). The van der Waals surface area contributed by atoms with Gasteiger partial charge >= 0.3 is 0 Å². The van der Waals surface area contributed by atoms with Crippen LogP contribution in [0.4, 0.5) is 5.69 Å². The Hall–Kier alpha value is -2.24. The maximum atomic E-state index is 10.2. The van der Waals surface area contributed by atoms with Crippen LogP contribution in [-0.2, 0) is 36.7 Å². The lowest BCUT2D eigenvalue weighted by atomic mass is 9.84. The molecule has 9 heteroatoms. The summed E-state index contributed by atoms with van der Waals surface area (Å²) in [7, 11) is 5.04. The number of fused-ring (bicyclic) bond motifs is 1. The largest absolute Gasteiger partial charge is 0.490 e. The van der Waals surface area contributed by atoms with Crippen LogP contribution in [0.2, 0.25) is 0 Å². The van der Waals surface area contributed by atoms with E-state index in [-0.39, 0.29) is 31.3 Å². The molecule has 2 N–H and O–H groups in total. The standard InChI is InChI=1S/C31H46N2O7/c1-35-14-4-12-33-13-16-38-28-10-7-24(17-27(28)33)20-39-29-18-32-19-30(40-22-26(34)21-37-3)31(29)25-8-5-23(6-9-25)11-15-36-2/h5-10,17,26,29-32,34H,4,11-16,18-22H2,1-3H3/t26-,29+,30-,31-/m1/s1. The van der Waals surface area contributed by atoms with E-state index in [9.17, 15) is 5.11 Å². The van der Waals surface area contributed by atoms with Crippen molar-refractivity contribution in [2.24, 2.45) is 0 Å². The zero-order valence-corrected chi connectivity index (χ0v) is 24.2. The number of benzene rings is 2. The van der Waals surface area contributed by atoms with Crippen LogP contribution in [-0.4, -0.2) is 104 Å². The quantitative estimate of drug-likeness (QED) is 0.302. The normalized spacial score (nSPS) is 21.6. The number of hydrogen-bond donors (Lipinski definition) is 2. The molecule has 0 bridgehead atoms. The van der Waals surface area contributed by atoms with E-state index in [1.165, 1.54) is 11.1 Å². The second-order valence-electron chi connectivity index (χ2n) is 10.5. The van der Waals surface area contributed by atoms with Gasteiger partial charge in [0.25, 0.3) is 0 Å². The predicted octanol–water partition coefficient (Wildman–Crippen LogP) is 2.78. The van der Waals surface area contributed by atoms with E-state index in [1.807, 2.05) is 0 Å². The smallest absolute Gasteiger partial charge is 0.142 e. The monoisotopic (exact) mass is 558 g/mol. The molecule has 4 atom stereocenters. The van der Waals surface area contributed by atoms with Crippen molar-refractivity contribution in [3.63, 3.8) is 0 Å². The van der Waals surface area contributed by atoms with E-state index in [0.717, 1.165) is 49.5 Å². The minimum Gasteiger partial charge on any atom is -0.490 e. The average molecular weight is 559 g/mol. The molecular weight excluding hydrogens is 512 g/mol. The Morgan fingerprint density at radius 2 is 1.68 bits per heavy atom. The van der Waals surface area contributed by atoms with Crippen LogP contribution in [0.15, 0.2) is 42.5 Å². The number of hydrogen-bond acceptors (Lipinski definition) is 9. The summed E-state index contributed by atoms with van der Waals surface area (Å²) < 4.78 is 34.4. The Morgan fingerprint density at radius 1 is 0.925 bits per heavy atom. The number of rotatable bonds is 16. The lowest BCUT2D eigenvalue weighted by Crippen LogP contribution is -2.51. The van der Waals surface area contributed by atoms with Gasteiger partial charge in [0.15, 0.2) is 0 Å². The van der Waals surface area contributed by atoms with E-state index in [2.05, 4.69) is 52.7 Å². The average Bonchev–Trinajstić information content (AvgIpc) is 2.98. The van der Waals surface area contributed by atoms with Crippen molar-refractivity contribution < 1.29 is 33.5 Å². The van der Waals surface area contributed by atoms with E-state index in [1.54, 1.807) is 21.3 Å². The zero-order valence-electron chi connectivity index (χ0n) is 24.2. The molecule has 0 unspecified atom stereocenters. The number of methoxy groups -OCH3 is 3. The molecule has 40 heavy (non-hydrogen) atoms. The summed E-state index contributed by atoms with van der Waals surface area (Å²) in [5.74, 6) is 0.931. The molecular formula is C31H46N2O7. The molecule has 0 aliphatic carbocycles. The Bertz CT molecular complexity index is 1010. The molecule has 1 fully saturated rings. The van der Waals surface area contributed by atoms with Gasteiger partial charge in [0.05, 0.1) is 50.9 Å². The number of nitrogens with zero attached hydrogens (tertiary/aromatic N) is 1. The Kier molecular flexibility index (Phi) is 12.5. The Balaban J connectivity index is 1.48. The second kappa shape index (κ2) is 16.3. The fourth-order valence-electron chi connectivity index (χ4n) is 5.46.